The van der Waals surface area contributed by atoms with Gasteiger partial charge < -0.3 is 19.6 Å². The highest BCUT2D eigenvalue weighted by molar-refractivity contribution is 5.96. The minimum atomic E-state index is -0.189. The standard InChI is InChI=1S/C26H29NO4/c1-30-24-14-12-19(16-25(24)31-21-9-5-6-10-21)26(29)27-23-13-11-20(17-28)22(23)15-18-7-3-2-4-8-18/h2-4,7-8,12,14,16-17,20-21H,5-6,9-11,13,15H2,1H3,(H,27,29). The topological polar surface area (TPSA) is 64.6 Å². The lowest BCUT2D eigenvalue weighted by atomic mass is 9.96. The first kappa shape index (κ1) is 21.2. The van der Waals surface area contributed by atoms with Crippen LogP contribution < -0.4 is 14.8 Å². The summed E-state index contributed by atoms with van der Waals surface area (Å²) >= 11 is 0. The fourth-order valence-electron chi connectivity index (χ4n) is 4.51. The van der Waals surface area contributed by atoms with Gasteiger partial charge in [0.15, 0.2) is 11.5 Å². The van der Waals surface area contributed by atoms with Gasteiger partial charge in [0.2, 0.25) is 0 Å². The number of carbonyl (C=O) groups is 2. The predicted molar refractivity (Wildman–Crippen MR) is 119 cm³/mol. The molecule has 1 unspecified atom stereocenters. The number of allylic oxidation sites excluding steroid dienone is 2. The Labute approximate surface area is 183 Å². The number of methoxy groups -OCH3 is 1. The van der Waals surface area contributed by atoms with Gasteiger partial charge in [-0.2, -0.15) is 0 Å². The number of benzene rings is 2. The Balaban J connectivity index is 1.54. The van der Waals surface area contributed by atoms with Gasteiger partial charge in [0.05, 0.1) is 13.2 Å². The molecule has 1 atom stereocenters. The molecule has 2 aromatic rings. The largest absolute Gasteiger partial charge is 0.493 e. The first-order chi connectivity index (χ1) is 15.2. The SMILES string of the molecule is COc1ccc(C(=O)NC2=C(Cc3ccccc3)C(C=O)CC2)cc1OC1CCCC1. The van der Waals surface area contributed by atoms with Crippen LogP contribution in [0.2, 0.25) is 0 Å². The van der Waals surface area contributed by atoms with E-state index >= 15 is 0 Å². The van der Waals surface area contributed by atoms with E-state index in [2.05, 4.69) is 5.32 Å². The first-order valence-corrected chi connectivity index (χ1v) is 11.0. The van der Waals surface area contributed by atoms with E-state index in [0.29, 0.717) is 29.9 Å². The molecule has 1 amide bonds. The van der Waals surface area contributed by atoms with Crippen LogP contribution in [0.4, 0.5) is 0 Å². The van der Waals surface area contributed by atoms with Gasteiger partial charge in [0.25, 0.3) is 5.91 Å². The van der Waals surface area contributed by atoms with Gasteiger partial charge in [-0.05, 0) is 74.3 Å². The van der Waals surface area contributed by atoms with Crippen LogP contribution in [-0.4, -0.2) is 25.4 Å². The molecule has 31 heavy (non-hydrogen) atoms. The number of rotatable bonds is 8. The predicted octanol–water partition coefficient (Wildman–Crippen LogP) is 4.85. The third-order valence-corrected chi connectivity index (χ3v) is 6.23. The maximum Gasteiger partial charge on any atom is 0.255 e. The Morgan fingerprint density at radius 1 is 1.06 bits per heavy atom. The Bertz CT molecular complexity index is 961. The molecule has 5 nitrogen and oxygen atoms in total. The molecule has 0 bridgehead atoms. The molecule has 5 heteroatoms. The summed E-state index contributed by atoms with van der Waals surface area (Å²) in [5.74, 6) is 0.908. The van der Waals surface area contributed by atoms with E-state index in [1.807, 2.05) is 30.3 Å². The zero-order chi connectivity index (χ0) is 21.6. The second-order valence-corrected chi connectivity index (χ2v) is 8.29. The molecular weight excluding hydrogens is 390 g/mol. The smallest absolute Gasteiger partial charge is 0.255 e. The second kappa shape index (κ2) is 9.82. The number of carbonyl (C=O) groups excluding carboxylic acids is 2. The summed E-state index contributed by atoms with van der Waals surface area (Å²) in [5.41, 5.74) is 3.52. The highest BCUT2D eigenvalue weighted by atomic mass is 16.5. The zero-order valence-corrected chi connectivity index (χ0v) is 17.9. The lowest BCUT2D eigenvalue weighted by molar-refractivity contribution is -0.110. The van der Waals surface area contributed by atoms with Gasteiger partial charge in [-0.1, -0.05) is 30.3 Å². The molecule has 1 N–H and O–H groups in total. The van der Waals surface area contributed by atoms with Crippen LogP contribution in [0.3, 0.4) is 0 Å². The van der Waals surface area contributed by atoms with E-state index in [9.17, 15) is 9.59 Å². The minimum absolute atomic E-state index is 0.146. The third-order valence-electron chi connectivity index (χ3n) is 6.23. The molecule has 2 aliphatic rings. The number of hydrogen-bond donors (Lipinski definition) is 1. The summed E-state index contributed by atoms with van der Waals surface area (Å²) in [6.45, 7) is 0. The second-order valence-electron chi connectivity index (χ2n) is 8.29. The van der Waals surface area contributed by atoms with Crippen molar-refractivity contribution in [2.45, 2.75) is 51.0 Å². The molecule has 2 aliphatic carbocycles. The fraction of sp³-hybridized carbons (Fsp3) is 0.385. The van der Waals surface area contributed by atoms with Crippen molar-refractivity contribution >= 4 is 12.2 Å². The summed E-state index contributed by atoms with van der Waals surface area (Å²) in [7, 11) is 1.61. The number of hydrogen-bond acceptors (Lipinski definition) is 4. The molecular formula is C26H29NO4. The average Bonchev–Trinajstić information content (AvgIpc) is 3.44. The lowest BCUT2D eigenvalue weighted by Crippen LogP contribution is -2.23. The number of amides is 1. The molecule has 0 spiro atoms. The third kappa shape index (κ3) is 4.98. The number of aldehydes is 1. The van der Waals surface area contributed by atoms with Crippen LogP contribution in [-0.2, 0) is 11.2 Å². The number of ether oxygens (including phenoxy) is 2. The summed E-state index contributed by atoms with van der Waals surface area (Å²) in [5, 5.41) is 3.07. The van der Waals surface area contributed by atoms with Gasteiger partial charge >= 0.3 is 0 Å². The zero-order valence-electron chi connectivity index (χ0n) is 17.9. The molecule has 0 radical (unpaired) electrons. The summed E-state index contributed by atoms with van der Waals surface area (Å²) in [6.07, 6.45) is 7.67. The van der Waals surface area contributed by atoms with E-state index in [4.69, 9.17) is 9.47 Å². The van der Waals surface area contributed by atoms with Crippen molar-refractivity contribution in [3.8, 4) is 11.5 Å². The van der Waals surface area contributed by atoms with E-state index in [1.54, 1.807) is 25.3 Å². The first-order valence-electron chi connectivity index (χ1n) is 11.0. The Hall–Kier alpha value is -3.08. The molecule has 4 rings (SSSR count). The van der Waals surface area contributed by atoms with Crippen LogP contribution in [0.1, 0.15) is 54.4 Å². The molecule has 0 heterocycles. The average molecular weight is 420 g/mol. The van der Waals surface area contributed by atoms with Gasteiger partial charge in [0.1, 0.15) is 6.29 Å². The highest BCUT2D eigenvalue weighted by Crippen LogP contribution is 2.34. The van der Waals surface area contributed by atoms with Crippen molar-refractivity contribution in [3.63, 3.8) is 0 Å². The Morgan fingerprint density at radius 3 is 2.55 bits per heavy atom. The van der Waals surface area contributed by atoms with Crippen molar-refractivity contribution in [2.24, 2.45) is 5.92 Å². The van der Waals surface area contributed by atoms with Crippen molar-refractivity contribution in [3.05, 3.63) is 70.9 Å². The van der Waals surface area contributed by atoms with E-state index in [1.165, 1.54) is 12.8 Å². The van der Waals surface area contributed by atoms with E-state index < -0.39 is 0 Å². The van der Waals surface area contributed by atoms with E-state index in [0.717, 1.165) is 42.4 Å². The summed E-state index contributed by atoms with van der Waals surface area (Å²) in [6, 6.07) is 15.3. The van der Waals surface area contributed by atoms with Crippen LogP contribution >= 0.6 is 0 Å². The van der Waals surface area contributed by atoms with Gasteiger partial charge in [-0.15, -0.1) is 0 Å². The minimum Gasteiger partial charge on any atom is -0.493 e. The molecule has 1 fully saturated rings. The molecule has 1 saturated carbocycles. The van der Waals surface area contributed by atoms with Crippen molar-refractivity contribution in [2.75, 3.05) is 7.11 Å². The van der Waals surface area contributed by atoms with Crippen LogP contribution in [0.5, 0.6) is 11.5 Å². The van der Waals surface area contributed by atoms with Crippen molar-refractivity contribution < 1.29 is 19.1 Å². The number of nitrogens with one attached hydrogen (secondary N) is 1. The quantitative estimate of drug-likeness (QED) is 0.621. The molecule has 0 aromatic heterocycles. The highest BCUT2D eigenvalue weighted by Gasteiger charge is 2.27. The van der Waals surface area contributed by atoms with Crippen LogP contribution in [0.25, 0.3) is 0 Å². The molecule has 0 saturated heterocycles. The summed E-state index contributed by atoms with van der Waals surface area (Å²) in [4.78, 5) is 24.7. The molecule has 162 valence electrons. The molecule has 2 aromatic carbocycles. The van der Waals surface area contributed by atoms with E-state index in [-0.39, 0.29) is 17.9 Å². The van der Waals surface area contributed by atoms with Crippen molar-refractivity contribution in [1.29, 1.82) is 0 Å². The maximum absolute atomic E-state index is 13.1. The Kier molecular flexibility index (Phi) is 6.70. The maximum atomic E-state index is 13.1. The summed E-state index contributed by atoms with van der Waals surface area (Å²) < 4.78 is 11.6. The van der Waals surface area contributed by atoms with Gasteiger partial charge in [0, 0.05) is 17.2 Å². The molecule has 0 aliphatic heterocycles. The Morgan fingerprint density at radius 2 is 1.84 bits per heavy atom. The fourth-order valence-corrected chi connectivity index (χ4v) is 4.51. The lowest BCUT2D eigenvalue weighted by Gasteiger charge is -2.17. The van der Waals surface area contributed by atoms with Crippen LogP contribution in [0.15, 0.2) is 59.8 Å². The van der Waals surface area contributed by atoms with Gasteiger partial charge in [-0.25, -0.2) is 0 Å². The van der Waals surface area contributed by atoms with Crippen LogP contribution in [0, 0.1) is 5.92 Å². The van der Waals surface area contributed by atoms with Crippen molar-refractivity contribution in [1.82, 2.24) is 5.32 Å². The normalized spacial score (nSPS) is 18.8. The monoisotopic (exact) mass is 419 g/mol. The van der Waals surface area contributed by atoms with Gasteiger partial charge in [-0.3, -0.25) is 4.79 Å².